The number of para-hydroxylation sites is 1. The van der Waals surface area contributed by atoms with Crippen molar-refractivity contribution in [2.45, 2.75) is 18.2 Å². The second kappa shape index (κ2) is 6.05. The Bertz CT molecular complexity index is 772. The van der Waals surface area contributed by atoms with E-state index in [4.69, 9.17) is 0 Å². The van der Waals surface area contributed by atoms with E-state index in [2.05, 4.69) is 5.32 Å². The van der Waals surface area contributed by atoms with E-state index >= 15 is 0 Å². The maximum atomic E-state index is 13.1. The molecule has 0 unspecified atom stereocenters. The lowest BCUT2D eigenvalue weighted by atomic mass is 10.1. The summed E-state index contributed by atoms with van der Waals surface area (Å²) in [5.41, 5.74) is 1.73. The van der Waals surface area contributed by atoms with Crippen LogP contribution in [0.15, 0.2) is 53.4 Å². The van der Waals surface area contributed by atoms with Crippen LogP contribution in [0.5, 0.6) is 0 Å². The summed E-state index contributed by atoms with van der Waals surface area (Å²) in [5, 5.41) is 2.43. The summed E-state index contributed by atoms with van der Waals surface area (Å²) in [7, 11) is -4.87. The molecule has 2 aromatic carbocycles. The van der Waals surface area contributed by atoms with Gasteiger partial charge in [0.1, 0.15) is 4.90 Å². The second-order valence-corrected chi connectivity index (χ2v) is 5.90. The number of halogens is 1. The summed E-state index contributed by atoms with van der Waals surface area (Å²) in [5.74, 6) is -0.402. The first-order chi connectivity index (χ1) is 9.88. The SMILES string of the molecule is Cc1ccccc1CC(=O)Nc1ccccc1S(=O)(=O)F. The third-order valence-corrected chi connectivity index (χ3v) is 3.92. The number of carbonyl (C=O) groups excluding carboxylic acids is 1. The maximum absolute atomic E-state index is 13.1. The highest BCUT2D eigenvalue weighted by molar-refractivity contribution is 7.86. The zero-order chi connectivity index (χ0) is 15.5. The number of hydrogen-bond donors (Lipinski definition) is 1. The number of hydrogen-bond acceptors (Lipinski definition) is 3. The number of carbonyl (C=O) groups is 1. The van der Waals surface area contributed by atoms with E-state index in [1.807, 2.05) is 31.2 Å². The van der Waals surface area contributed by atoms with Crippen molar-refractivity contribution in [2.75, 3.05) is 5.32 Å². The lowest BCUT2D eigenvalue weighted by Gasteiger charge is -2.09. The van der Waals surface area contributed by atoms with Crippen LogP contribution in [0.2, 0.25) is 0 Å². The van der Waals surface area contributed by atoms with Crippen molar-refractivity contribution in [2.24, 2.45) is 0 Å². The average Bonchev–Trinajstić information content (AvgIpc) is 2.41. The fourth-order valence-corrected chi connectivity index (χ4v) is 2.58. The summed E-state index contributed by atoms with van der Waals surface area (Å²) in [6.45, 7) is 1.88. The predicted molar refractivity (Wildman–Crippen MR) is 78.2 cm³/mol. The van der Waals surface area contributed by atoms with E-state index in [1.165, 1.54) is 18.2 Å². The molecule has 0 radical (unpaired) electrons. The van der Waals surface area contributed by atoms with Crippen LogP contribution >= 0.6 is 0 Å². The summed E-state index contributed by atoms with van der Waals surface area (Å²) in [6.07, 6.45) is 0.0906. The molecule has 2 rings (SSSR count). The van der Waals surface area contributed by atoms with Crippen molar-refractivity contribution in [1.82, 2.24) is 0 Å². The molecular weight excluding hydrogens is 293 g/mol. The number of nitrogens with one attached hydrogen (secondary N) is 1. The van der Waals surface area contributed by atoms with Crippen molar-refractivity contribution in [3.8, 4) is 0 Å². The van der Waals surface area contributed by atoms with Crippen LogP contribution in [0.4, 0.5) is 9.57 Å². The van der Waals surface area contributed by atoms with Crippen LogP contribution in [-0.4, -0.2) is 14.3 Å². The average molecular weight is 307 g/mol. The molecule has 0 atom stereocenters. The van der Waals surface area contributed by atoms with Gasteiger partial charge in [-0.3, -0.25) is 4.79 Å². The summed E-state index contributed by atoms with van der Waals surface area (Å²) in [6, 6.07) is 12.7. The van der Waals surface area contributed by atoms with Crippen molar-refractivity contribution in [1.29, 1.82) is 0 Å². The molecule has 110 valence electrons. The highest BCUT2D eigenvalue weighted by Gasteiger charge is 2.18. The molecule has 0 spiro atoms. The van der Waals surface area contributed by atoms with Gasteiger partial charge in [0.25, 0.3) is 0 Å². The van der Waals surface area contributed by atoms with E-state index in [9.17, 15) is 17.1 Å². The van der Waals surface area contributed by atoms with Crippen LogP contribution < -0.4 is 5.32 Å². The van der Waals surface area contributed by atoms with Gasteiger partial charge in [-0.05, 0) is 30.2 Å². The van der Waals surface area contributed by atoms with Crippen LogP contribution in [-0.2, 0) is 21.4 Å². The molecule has 21 heavy (non-hydrogen) atoms. The normalized spacial score (nSPS) is 11.1. The van der Waals surface area contributed by atoms with Gasteiger partial charge in [0, 0.05) is 0 Å². The van der Waals surface area contributed by atoms with E-state index in [-0.39, 0.29) is 12.1 Å². The quantitative estimate of drug-likeness (QED) is 0.883. The first kappa shape index (κ1) is 15.2. The Morgan fingerprint density at radius 3 is 2.38 bits per heavy atom. The fraction of sp³-hybridized carbons (Fsp3) is 0.133. The summed E-state index contributed by atoms with van der Waals surface area (Å²) >= 11 is 0. The zero-order valence-corrected chi connectivity index (χ0v) is 12.2. The fourth-order valence-electron chi connectivity index (χ4n) is 1.96. The van der Waals surface area contributed by atoms with Crippen LogP contribution in [0.25, 0.3) is 0 Å². The molecule has 0 aliphatic carbocycles. The van der Waals surface area contributed by atoms with Gasteiger partial charge in [0.15, 0.2) is 0 Å². The van der Waals surface area contributed by atoms with E-state index in [0.717, 1.165) is 17.2 Å². The number of benzene rings is 2. The molecular formula is C15H14FNO3S. The Balaban J connectivity index is 2.20. The van der Waals surface area contributed by atoms with Gasteiger partial charge < -0.3 is 5.32 Å². The minimum Gasteiger partial charge on any atom is -0.325 e. The largest absolute Gasteiger partial charge is 0.334 e. The molecule has 6 heteroatoms. The van der Waals surface area contributed by atoms with Gasteiger partial charge >= 0.3 is 10.2 Å². The smallest absolute Gasteiger partial charge is 0.325 e. The van der Waals surface area contributed by atoms with Gasteiger partial charge in [-0.1, -0.05) is 36.4 Å². The molecule has 2 aromatic rings. The molecule has 1 amide bonds. The third-order valence-electron chi connectivity index (χ3n) is 3.04. The standard InChI is InChI=1S/C15H14FNO3S/c1-11-6-2-3-7-12(11)10-15(18)17-13-8-4-5-9-14(13)21(16,19)20/h2-9H,10H2,1H3,(H,17,18). The Labute approximate surface area is 122 Å². The topological polar surface area (TPSA) is 63.2 Å². The molecule has 0 saturated carbocycles. The number of aryl methyl sites for hydroxylation is 1. The van der Waals surface area contributed by atoms with E-state index in [1.54, 1.807) is 0 Å². The highest BCUT2D eigenvalue weighted by Crippen LogP contribution is 2.23. The first-order valence-electron chi connectivity index (χ1n) is 6.26. The lowest BCUT2D eigenvalue weighted by molar-refractivity contribution is -0.115. The Kier molecular flexibility index (Phi) is 4.37. The first-order valence-corrected chi connectivity index (χ1v) is 7.64. The molecule has 0 bridgehead atoms. The molecule has 0 fully saturated rings. The van der Waals surface area contributed by atoms with Crippen LogP contribution in [0, 0.1) is 6.92 Å². The van der Waals surface area contributed by atoms with Gasteiger partial charge in [0.05, 0.1) is 12.1 Å². The monoisotopic (exact) mass is 307 g/mol. The molecule has 0 aliphatic heterocycles. The van der Waals surface area contributed by atoms with Crippen molar-refractivity contribution < 1.29 is 17.1 Å². The van der Waals surface area contributed by atoms with Crippen molar-refractivity contribution >= 4 is 21.8 Å². The van der Waals surface area contributed by atoms with Crippen molar-refractivity contribution in [3.63, 3.8) is 0 Å². The minimum absolute atomic E-state index is 0.0569. The maximum Gasteiger partial charge on any atom is 0.334 e. The number of rotatable bonds is 4. The molecule has 0 heterocycles. The number of anilines is 1. The molecule has 0 aromatic heterocycles. The van der Waals surface area contributed by atoms with Crippen LogP contribution in [0.1, 0.15) is 11.1 Å². The van der Waals surface area contributed by atoms with Gasteiger partial charge in [0.2, 0.25) is 5.91 Å². The Hall–Kier alpha value is -2.21. The molecule has 4 nitrogen and oxygen atoms in total. The highest BCUT2D eigenvalue weighted by atomic mass is 32.3. The van der Waals surface area contributed by atoms with Crippen molar-refractivity contribution in [3.05, 3.63) is 59.7 Å². The summed E-state index contributed by atoms with van der Waals surface area (Å²) < 4.78 is 35.2. The Morgan fingerprint density at radius 1 is 1.10 bits per heavy atom. The minimum atomic E-state index is -4.87. The van der Waals surface area contributed by atoms with Crippen LogP contribution in [0.3, 0.4) is 0 Å². The van der Waals surface area contributed by atoms with Gasteiger partial charge in [-0.15, -0.1) is 3.89 Å². The number of amides is 1. The predicted octanol–water partition coefficient (Wildman–Crippen LogP) is 2.83. The van der Waals surface area contributed by atoms with Gasteiger partial charge in [-0.25, -0.2) is 0 Å². The second-order valence-electron chi connectivity index (χ2n) is 4.59. The third kappa shape index (κ3) is 3.88. The van der Waals surface area contributed by atoms with Gasteiger partial charge in [-0.2, -0.15) is 8.42 Å². The molecule has 0 saturated heterocycles. The zero-order valence-electron chi connectivity index (χ0n) is 11.3. The van der Waals surface area contributed by atoms with E-state index < -0.39 is 21.0 Å². The Morgan fingerprint density at radius 2 is 1.71 bits per heavy atom. The molecule has 0 aliphatic rings. The summed E-state index contributed by atoms with van der Waals surface area (Å²) in [4.78, 5) is 11.4. The lowest BCUT2D eigenvalue weighted by Crippen LogP contribution is -2.16. The van der Waals surface area contributed by atoms with E-state index in [0.29, 0.717) is 0 Å². The molecule has 1 N–H and O–H groups in total.